The normalized spacial score (nSPS) is 14.4. The summed E-state index contributed by atoms with van der Waals surface area (Å²) in [4.78, 5) is 29.6. The molecule has 28 heavy (non-hydrogen) atoms. The number of hydrogen-bond acceptors (Lipinski definition) is 5. The summed E-state index contributed by atoms with van der Waals surface area (Å²) in [6.45, 7) is 0.690. The van der Waals surface area contributed by atoms with Crippen LogP contribution in [0.1, 0.15) is 10.4 Å². The second-order valence-electron chi connectivity index (χ2n) is 6.47. The number of anilines is 1. The van der Waals surface area contributed by atoms with Crippen LogP contribution >= 0.6 is 0 Å². The molecule has 0 bridgehead atoms. The van der Waals surface area contributed by atoms with E-state index in [1.165, 1.54) is 0 Å². The Bertz CT molecular complexity index is 1190. The first-order valence-electron chi connectivity index (χ1n) is 8.21. The summed E-state index contributed by atoms with van der Waals surface area (Å²) in [5.41, 5.74) is 3.65. The maximum atomic E-state index is 14.5. The van der Waals surface area contributed by atoms with E-state index >= 15 is 0 Å². The van der Waals surface area contributed by atoms with Crippen molar-refractivity contribution in [1.82, 2.24) is 9.55 Å². The molecule has 0 radical (unpaired) electrons. The van der Waals surface area contributed by atoms with E-state index in [-0.39, 0.29) is 28.6 Å². The van der Waals surface area contributed by atoms with Gasteiger partial charge in [0.25, 0.3) is 0 Å². The zero-order chi connectivity index (χ0) is 20.2. The number of aromatic nitrogens is 2. The van der Waals surface area contributed by atoms with Crippen LogP contribution in [0.3, 0.4) is 0 Å². The molecule has 3 aromatic rings. The van der Waals surface area contributed by atoms with Crippen LogP contribution in [0.2, 0.25) is 0 Å². The Morgan fingerprint density at radius 2 is 1.89 bits per heavy atom. The number of hydrogen-bond donors (Lipinski definition) is 2. The van der Waals surface area contributed by atoms with E-state index in [2.05, 4.69) is 4.98 Å². The summed E-state index contributed by atoms with van der Waals surface area (Å²) in [6, 6.07) is 3.38. The summed E-state index contributed by atoms with van der Waals surface area (Å²) in [6.07, 6.45) is 0.889. The fourth-order valence-corrected chi connectivity index (χ4v) is 3.13. The van der Waals surface area contributed by atoms with Crippen LogP contribution in [-0.2, 0) is 0 Å². The Balaban J connectivity index is 2.06. The van der Waals surface area contributed by atoms with Crippen LogP contribution in [0.5, 0.6) is 0 Å². The smallest absolute Gasteiger partial charge is 0.341 e. The average molecular weight is 390 g/mol. The highest BCUT2D eigenvalue weighted by Gasteiger charge is 2.28. The van der Waals surface area contributed by atoms with Crippen LogP contribution in [0.15, 0.2) is 35.3 Å². The third-order valence-corrected chi connectivity index (χ3v) is 4.52. The van der Waals surface area contributed by atoms with Crippen molar-refractivity contribution in [3.8, 4) is 5.69 Å². The molecular weight excluding hydrogens is 377 g/mol. The molecule has 0 saturated carbocycles. The quantitative estimate of drug-likeness (QED) is 0.705. The molecule has 0 unspecified atom stereocenters. The number of benzene rings is 1. The SMILES string of the molecule is NC1CN(c2nc3c(cc2F)c(=O)c(C(=O)O)cn3-c2ccc(F)cc2F)C1. The number of nitrogens with two attached hydrogens (primary N) is 1. The minimum atomic E-state index is -1.57. The molecule has 3 heterocycles. The molecule has 0 amide bonds. The molecule has 1 aliphatic rings. The van der Waals surface area contributed by atoms with Crippen LogP contribution in [0, 0.1) is 17.5 Å². The van der Waals surface area contributed by atoms with Crippen molar-refractivity contribution in [3.05, 3.63) is 63.7 Å². The molecule has 1 aromatic carbocycles. The van der Waals surface area contributed by atoms with Gasteiger partial charge in [-0.2, -0.15) is 0 Å². The number of pyridine rings is 2. The second-order valence-corrected chi connectivity index (χ2v) is 6.47. The van der Waals surface area contributed by atoms with Gasteiger partial charge in [-0.3, -0.25) is 9.36 Å². The first-order valence-corrected chi connectivity index (χ1v) is 8.21. The highest BCUT2D eigenvalue weighted by molar-refractivity contribution is 5.92. The van der Waals surface area contributed by atoms with E-state index in [9.17, 15) is 27.9 Å². The molecule has 3 N–H and O–H groups in total. The molecule has 0 aliphatic carbocycles. The highest BCUT2D eigenvalue weighted by atomic mass is 19.1. The average Bonchev–Trinajstić information content (AvgIpc) is 2.60. The Kier molecular flexibility index (Phi) is 4.07. The second kappa shape index (κ2) is 6.34. The molecule has 10 heteroatoms. The largest absolute Gasteiger partial charge is 0.477 e. The van der Waals surface area contributed by atoms with Crippen molar-refractivity contribution < 1.29 is 23.1 Å². The molecule has 144 valence electrons. The monoisotopic (exact) mass is 390 g/mol. The lowest BCUT2D eigenvalue weighted by Gasteiger charge is -2.38. The van der Waals surface area contributed by atoms with Crippen molar-refractivity contribution >= 4 is 22.8 Å². The molecule has 1 aliphatic heterocycles. The summed E-state index contributed by atoms with van der Waals surface area (Å²) in [5, 5.41) is 8.96. The lowest BCUT2D eigenvalue weighted by molar-refractivity contribution is 0.0695. The standard InChI is InChI=1S/C18H13F3N4O3/c19-8-1-2-14(12(20)3-8)25-7-11(18(27)28)15(26)10-4-13(21)17(23-16(10)25)24-5-9(22)6-24/h1-4,7,9H,5-6,22H2,(H,27,28). The lowest BCUT2D eigenvalue weighted by atomic mass is 10.1. The minimum absolute atomic E-state index is 0.0899. The zero-order valence-corrected chi connectivity index (χ0v) is 14.2. The fourth-order valence-electron chi connectivity index (χ4n) is 3.13. The van der Waals surface area contributed by atoms with Crippen LogP contribution in [0.4, 0.5) is 19.0 Å². The number of rotatable bonds is 3. The number of carboxylic acids is 1. The molecule has 1 fully saturated rings. The van der Waals surface area contributed by atoms with Gasteiger partial charge >= 0.3 is 5.97 Å². The van der Waals surface area contributed by atoms with Gasteiger partial charge in [-0.25, -0.2) is 22.9 Å². The number of nitrogens with zero attached hydrogens (tertiary/aromatic N) is 3. The van der Waals surface area contributed by atoms with Gasteiger partial charge in [0.05, 0.1) is 11.1 Å². The van der Waals surface area contributed by atoms with E-state index in [0.29, 0.717) is 19.2 Å². The highest BCUT2D eigenvalue weighted by Crippen LogP contribution is 2.27. The first kappa shape index (κ1) is 18.0. The molecule has 1 saturated heterocycles. The third kappa shape index (κ3) is 2.78. The van der Waals surface area contributed by atoms with E-state index in [4.69, 9.17) is 5.73 Å². The van der Waals surface area contributed by atoms with E-state index < -0.39 is 34.4 Å². The van der Waals surface area contributed by atoms with Gasteiger partial charge in [-0.05, 0) is 18.2 Å². The summed E-state index contributed by atoms with van der Waals surface area (Å²) in [5.74, 6) is -4.32. The van der Waals surface area contributed by atoms with Crippen molar-refractivity contribution in [3.63, 3.8) is 0 Å². The van der Waals surface area contributed by atoms with E-state index in [1.54, 1.807) is 4.90 Å². The van der Waals surface area contributed by atoms with Crippen LogP contribution < -0.4 is 16.1 Å². The first-order chi connectivity index (χ1) is 13.3. The molecule has 0 atom stereocenters. The van der Waals surface area contributed by atoms with Crippen molar-refractivity contribution in [1.29, 1.82) is 0 Å². The van der Waals surface area contributed by atoms with Gasteiger partial charge in [0, 0.05) is 31.4 Å². The number of carboxylic acid groups (broad SMARTS) is 1. The van der Waals surface area contributed by atoms with Gasteiger partial charge in [0.15, 0.2) is 17.3 Å². The van der Waals surface area contributed by atoms with Gasteiger partial charge < -0.3 is 15.7 Å². The van der Waals surface area contributed by atoms with E-state index in [1.807, 2.05) is 0 Å². The molecule has 2 aromatic heterocycles. The number of halogens is 3. The summed E-state index contributed by atoms with van der Waals surface area (Å²) in [7, 11) is 0. The minimum Gasteiger partial charge on any atom is -0.477 e. The number of fused-ring (bicyclic) bond motifs is 1. The van der Waals surface area contributed by atoms with Crippen molar-refractivity contribution in [2.24, 2.45) is 5.73 Å². The molecule has 0 spiro atoms. The topological polar surface area (TPSA) is 101 Å². The number of carbonyl (C=O) groups is 1. The van der Waals surface area contributed by atoms with Crippen molar-refractivity contribution in [2.45, 2.75) is 6.04 Å². The van der Waals surface area contributed by atoms with Crippen molar-refractivity contribution in [2.75, 3.05) is 18.0 Å². The maximum absolute atomic E-state index is 14.5. The van der Waals surface area contributed by atoms with Crippen LogP contribution in [0.25, 0.3) is 16.7 Å². The maximum Gasteiger partial charge on any atom is 0.341 e. The lowest BCUT2D eigenvalue weighted by Crippen LogP contribution is -2.56. The summed E-state index contributed by atoms with van der Waals surface area (Å²) >= 11 is 0. The molecule has 7 nitrogen and oxygen atoms in total. The summed E-state index contributed by atoms with van der Waals surface area (Å²) < 4.78 is 43.2. The van der Waals surface area contributed by atoms with Gasteiger partial charge in [-0.1, -0.05) is 0 Å². The van der Waals surface area contributed by atoms with Gasteiger partial charge in [0.1, 0.15) is 17.2 Å². The Morgan fingerprint density at radius 3 is 2.50 bits per heavy atom. The number of aromatic carboxylic acids is 1. The Labute approximate surface area is 155 Å². The van der Waals surface area contributed by atoms with E-state index in [0.717, 1.165) is 29.0 Å². The van der Waals surface area contributed by atoms with Gasteiger partial charge in [0.2, 0.25) is 5.43 Å². The Hall–Kier alpha value is -3.40. The predicted octanol–water partition coefficient (Wildman–Crippen LogP) is 1.65. The fraction of sp³-hybridized carbons (Fsp3) is 0.167. The zero-order valence-electron chi connectivity index (χ0n) is 14.2. The molecule has 4 rings (SSSR count). The Morgan fingerprint density at radius 1 is 1.18 bits per heavy atom. The molecular formula is C18H13F3N4O3. The van der Waals surface area contributed by atoms with Crippen LogP contribution in [-0.4, -0.2) is 39.8 Å². The van der Waals surface area contributed by atoms with Gasteiger partial charge in [-0.15, -0.1) is 0 Å². The predicted molar refractivity (Wildman–Crippen MR) is 94.4 cm³/mol. The third-order valence-electron chi connectivity index (χ3n) is 4.52.